The third kappa shape index (κ3) is 3.43. The Kier molecular flexibility index (Phi) is 4.93. The molecule has 1 unspecified atom stereocenters. The van der Waals surface area contributed by atoms with Crippen LogP contribution in [-0.2, 0) is 9.59 Å². The predicted molar refractivity (Wildman–Crippen MR) is 62.3 cm³/mol. The van der Waals surface area contributed by atoms with E-state index in [-0.39, 0.29) is 18.6 Å². The average molecular weight is 243 g/mol. The van der Waals surface area contributed by atoms with E-state index in [9.17, 15) is 9.59 Å². The maximum absolute atomic E-state index is 11.9. The number of hydrogen-bond donors (Lipinski definition) is 3. The van der Waals surface area contributed by atoms with Gasteiger partial charge in [0.15, 0.2) is 0 Å². The van der Waals surface area contributed by atoms with E-state index < -0.39 is 17.8 Å². The molecule has 98 valence electrons. The first-order valence-electron chi connectivity index (χ1n) is 6.13. The number of nitrogens with one attached hydrogen (secondary N) is 1. The first kappa shape index (κ1) is 14.0. The number of carboxylic acid groups (broad SMARTS) is 1. The lowest BCUT2D eigenvalue weighted by Crippen LogP contribution is -2.41. The third-order valence-corrected chi connectivity index (χ3v) is 3.55. The van der Waals surface area contributed by atoms with E-state index in [0.29, 0.717) is 18.8 Å². The van der Waals surface area contributed by atoms with Crippen LogP contribution in [-0.4, -0.2) is 34.7 Å². The Balaban J connectivity index is 2.66. The maximum atomic E-state index is 11.9. The van der Waals surface area contributed by atoms with Crippen LogP contribution >= 0.6 is 0 Å². The van der Waals surface area contributed by atoms with Gasteiger partial charge in [-0.15, -0.1) is 0 Å². The molecule has 0 aromatic heterocycles. The van der Waals surface area contributed by atoms with Crippen molar-refractivity contribution in [3.8, 4) is 0 Å². The molecule has 3 N–H and O–H groups in total. The van der Waals surface area contributed by atoms with Crippen molar-refractivity contribution in [1.29, 1.82) is 0 Å². The lowest BCUT2D eigenvalue weighted by molar-refractivity contribution is -0.146. The summed E-state index contributed by atoms with van der Waals surface area (Å²) >= 11 is 0. The van der Waals surface area contributed by atoms with Crippen molar-refractivity contribution in [2.24, 2.45) is 17.8 Å². The zero-order chi connectivity index (χ0) is 13.0. The summed E-state index contributed by atoms with van der Waals surface area (Å²) in [7, 11) is 0. The summed E-state index contributed by atoms with van der Waals surface area (Å²) in [4.78, 5) is 23.0. The number of aliphatic hydroxyl groups is 1. The van der Waals surface area contributed by atoms with Gasteiger partial charge in [0.25, 0.3) is 0 Å². The Bertz CT molecular complexity index is 292. The number of amides is 1. The van der Waals surface area contributed by atoms with E-state index in [1.807, 2.05) is 6.92 Å². The first-order valence-corrected chi connectivity index (χ1v) is 6.13. The monoisotopic (exact) mass is 243 g/mol. The molecule has 0 saturated heterocycles. The van der Waals surface area contributed by atoms with Gasteiger partial charge in [0, 0.05) is 6.04 Å². The van der Waals surface area contributed by atoms with Gasteiger partial charge in [0.05, 0.1) is 18.4 Å². The van der Waals surface area contributed by atoms with Crippen molar-refractivity contribution < 1.29 is 19.8 Å². The quantitative estimate of drug-likeness (QED) is 0.660. The highest BCUT2D eigenvalue weighted by Crippen LogP contribution is 2.38. The fourth-order valence-electron chi connectivity index (χ4n) is 2.43. The summed E-state index contributed by atoms with van der Waals surface area (Å²) in [6.07, 6.45) is 2.12. The van der Waals surface area contributed by atoms with E-state index in [2.05, 4.69) is 5.32 Å². The van der Waals surface area contributed by atoms with Crippen LogP contribution in [0.3, 0.4) is 0 Å². The van der Waals surface area contributed by atoms with Crippen molar-refractivity contribution in [3.05, 3.63) is 0 Å². The van der Waals surface area contributed by atoms with E-state index in [1.165, 1.54) is 0 Å². The Morgan fingerprint density at radius 2 is 1.94 bits per heavy atom. The normalized spacial score (nSPS) is 29.9. The van der Waals surface area contributed by atoms with Crippen LogP contribution in [0, 0.1) is 17.8 Å². The van der Waals surface area contributed by atoms with Gasteiger partial charge < -0.3 is 15.5 Å². The topological polar surface area (TPSA) is 86.6 Å². The van der Waals surface area contributed by atoms with Gasteiger partial charge in [0.1, 0.15) is 0 Å². The van der Waals surface area contributed by atoms with Crippen molar-refractivity contribution in [1.82, 2.24) is 5.32 Å². The molecule has 1 aliphatic carbocycles. The number of hydrogen-bond acceptors (Lipinski definition) is 3. The minimum Gasteiger partial charge on any atom is -0.481 e. The maximum Gasteiger partial charge on any atom is 0.307 e. The number of aliphatic hydroxyl groups excluding tert-OH is 1. The molecule has 0 aromatic carbocycles. The fourth-order valence-corrected chi connectivity index (χ4v) is 2.43. The van der Waals surface area contributed by atoms with Gasteiger partial charge in [-0.3, -0.25) is 9.59 Å². The molecule has 1 aliphatic rings. The fraction of sp³-hybridized carbons (Fsp3) is 0.833. The molecule has 0 heterocycles. The molecule has 17 heavy (non-hydrogen) atoms. The second kappa shape index (κ2) is 6.00. The van der Waals surface area contributed by atoms with Gasteiger partial charge in [-0.2, -0.15) is 0 Å². The zero-order valence-electron chi connectivity index (χ0n) is 10.3. The minimum absolute atomic E-state index is 0.132. The molecule has 0 bridgehead atoms. The van der Waals surface area contributed by atoms with E-state index >= 15 is 0 Å². The molecule has 1 fully saturated rings. The third-order valence-electron chi connectivity index (χ3n) is 3.55. The summed E-state index contributed by atoms with van der Waals surface area (Å²) in [6, 6.07) is -0.322. The number of aliphatic carboxylic acids is 1. The van der Waals surface area contributed by atoms with Crippen LogP contribution in [0.1, 0.15) is 33.1 Å². The Morgan fingerprint density at radius 3 is 2.41 bits per heavy atom. The molecule has 0 radical (unpaired) electrons. The van der Waals surface area contributed by atoms with Gasteiger partial charge in [-0.1, -0.05) is 13.3 Å². The van der Waals surface area contributed by atoms with Crippen LogP contribution in [0.5, 0.6) is 0 Å². The van der Waals surface area contributed by atoms with Gasteiger partial charge in [0.2, 0.25) is 5.91 Å². The first-order chi connectivity index (χ1) is 7.99. The second-order valence-electron chi connectivity index (χ2n) is 4.89. The molecule has 1 saturated carbocycles. The Morgan fingerprint density at radius 1 is 1.35 bits per heavy atom. The number of carboxylic acids is 1. The van der Waals surface area contributed by atoms with E-state index in [1.54, 1.807) is 6.92 Å². The van der Waals surface area contributed by atoms with Gasteiger partial charge in [-0.25, -0.2) is 0 Å². The lowest BCUT2D eigenvalue weighted by atomic mass is 9.95. The van der Waals surface area contributed by atoms with Crippen LogP contribution < -0.4 is 5.32 Å². The minimum atomic E-state index is -0.891. The van der Waals surface area contributed by atoms with Crippen molar-refractivity contribution in [3.63, 3.8) is 0 Å². The molecule has 1 amide bonds. The number of carbonyl (C=O) groups is 2. The molecule has 1 rings (SSSR count). The Hall–Kier alpha value is -1.10. The van der Waals surface area contributed by atoms with Crippen LogP contribution in [0.15, 0.2) is 0 Å². The summed E-state index contributed by atoms with van der Waals surface area (Å²) in [5, 5.41) is 20.6. The van der Waals surface area contributed by atoms with Crippen molar-refractivity contribution in [2.75, 3.05) is 6.61 Å². The molecular weight excluding hydrogens is 222 g/mol. The van der Waals surface area contributed by atoms with Gasteiger partial charge in [-0.05, 0) is 25.7 Å². The van der Waals surface area contributed by atoms with E-state index in [4.69, 9.17) is 10.2 Å². The highest BCUT2D eigenvalue weighted by molar-refractivity contribution is 5.85. The highest BCUT2D eigenvalue weighted by Gasteiger charge is 2.42. The van der Waals surface area contributed by atoms with Crippen LogP contribution in [0.2, 0.25) is 0 Å². The van der Waals surface area contributed by atoms with Crippen LogP contribution in [0.4, 0.5) is 0 Å². The largest absolute Gasteiger partial charge is 0.481 e. The molecule has 0 spiro atoms. The Labute approximate surface area is 101 Å². The summed E-state index contributed by atoms with van der Waals surface area (Å²) < 4.78 is 0. The second-order valence-corrected chi connectivity index (χ2v) is 4.89. The summed E-state index contributed by atoms with van der Waals surface area (Å²) in [5.74, 6) is -1.85. The van der Waals surface area contributed by atoms with E-state index in [0.717, 1.165) is 6.42 Å². The summed E-state index contributed by atoms with van der Waals surface area (Å²) in [5.41, 5.74) is 0. The molecule has 5 nitrogen and oxygen atoms in total. The molecule has 0 aliphatic heterocycles. The average Bonchev–Trinajstić information content (AvgIpc) is 2.72. The predicted octanol–water partition coefficient (Wildman–Crippen LogP) is 0.620. The van der Waals surface area contributed by atoms with Gasteiger partial charge >= 0.3 is 5.97 Å². The molecule has 4 atom stereocenters. The van der Waals surface area contributed by atoms with Crippen molar-refractivity contribution in [2.45, 2.75) is 39.2 Å². The highest BCUT2D eigenvalue weighted by atomic mass is 16.4. The number of carbonyl (C=O) groups excluding carboxylic acids is 1. The molecule has 5 heteroatoms. The van der Waals surface area contributed by atoms with Crippen LogP contribution in [0.25, 0.3) is 0 Å². The standard InChI is InChI=1S/C12H21NO4/c1-3-8-4-9(10(5-8)12(16)17)11(15)13-7(2)6-14/h7-10,14H,3-6H2,1-2H3,(H,13,15)(H,16,17)/t7-,8?,9+,10-/m1/s1. The lowest BCUT2D eigenvalue weighted by Gasteiger charge is -2.18. The smallest absolute Gasteiger partial charge is 0.307 e. The SMILES string of the molecule is CCC1C[C@H](C(=O)N[C@H](C)CO)[C@H](C(=O)O)C1. The molecular formula is C12H21NO4. The molecule has 0 aromatic rings. The number of rotatable bonds is 5. The summed E-state index contributed by atoms with van der Waals surface area (Å²) in [6.45, 7) is 3.58. The zero-order valence-corrected chi connectivity index (χ0v) is 10.3. The van der Waals surface area contributed by atoms with Crippen molar-refractivity contribution >= 4 is 11.9 Å².